The number of amides is 1. The number of primary sulfonamides is 1. The summed E-state index contributed by atoms with van der Waals surface area (Å²) in [7, 11) is -3.78. The normalized spacial score (nSPS) is 18.7. The van der Waals surface area contributed by atoms with E-state index in [-0.39, 0.29) is 10.8 Å². The molecule has 6 nitrogen and oxygen atoms in total. The summed E-state index contributed by atoms with van der Waals surface area (Å²) in [5.74, 6) is 0.444. The quantitative estimate of drug-likeness (QED) is 0.754. The van der Waals surface area contributed by atoms with Crippen LogP contribution in [-0.4, -0.2) is 27.4 Å². The molecule has 1 heterocycles. The van der Waals surface area contributed by atoms with Crippen molar-refractivity contribution in [3.63, 3.8) is 0 Å². The second-order valence-corrected chi connectivity index (χ2v) is 7.00. The number of nitrogens with one attached hydrogen (secondary N) is 2. The number of benzene rings is 1. The summed E-state index contributed by atoms with van der Waals surface area (Å²) < 4.78 is 22.9. The molecule has 0 bridgehead atoms. The Morgan fingerprint density at radius 2 is 2.24 bits per heavy atom. The molecule has 7 heteroatoms. The molecule has 4 N–H and O–H groups in total. The van der Waals surface area contributed by atoms with E-state index in [0.717, 1.165) is 25.9 Å². The van der Waals surface area contributed by atoms with Gasteiger partial charge in [0, 0.05) is 12.1 Å². The second kappa shape index (κ2) is 6.55. The summed E-state index contributed by atoms with van der Waals surface area (Å²) in [5.41, 5.74) is 1.02. The van der Waals surface area contributed by atoms with Crippen molar-refractivity contribution in [3.05, 3.63) is 23.8 Å². The van der Waals surface area contributed by atoms with E-state index >= 15 is 0 Å². The molecule has 21 heavy (non-hydrogen) atoms. The number of carbonyl (C=O) groups excluding carboxylic acids is 1. The van der Waals surface area contributed by atoms with Gasteiger partial charge in [-0.3, -0.25) is 4.79 Å². The average Bonchev–Trinajstić information content (AvgIpc) is 2.90. The fourth-order valence-electron chi connectivity index (χ4n) is 2.50. The Balaban J connectivity index is 1.97. The monoisotopic (exact) mass is 311 g/mol. The Hall–Kier alpha value is -1.44. The van der Waals surface area contributed by atoms with Crippen molar-refractivity contribution in [3.8, 4) is 0 Å². The highest BCUT2D eigenvalue weighted by Crippen LogP contribution is 2.20. The Morgan fingerprint density at radius 1 is 1.48 bits per heavy atom. The first kappa shape index (κ1) is 15.9. The van der Waals surface area contributed by atoms with Crippen molar-refractivity contribution in [2.24, 2.45) is 11.1 Å². The average molecular weight is 311 g/mol. The van der Waals surface area contributed by atoms with Crippen LogP contribution in [0, 0.1) is 12.8 Å². The molecule has 1 saturated heterocycles. The molecule has 1 aromatic rings. The smallest absolute Gasteiger partial charge is 0.238 e. The van der Waals surface area contributed by atoms with Gasteiger partial charge in [-0.1, -0.05) is 6.07 Å². The molecule has 0 aliphatic carbocycles. The van der Waals surface area contributed by atoms with Crippen LogP contribution < -0.4 is 15.8 Å². The van der Waals surface area contributed by atoms with Gasteiger partial charge in [0.05, 0.1) is 4.90 Å². The molecule has 1 amide bonds. The number of sulfonamides is 1. The molecule has 0 aromatic heterocycles. The highest BCUT2D eigenvalue weighted by Gasteiger charge is 2.16. The van der Waals surface area contributed by atoms with Crippen LogP contribution in [0.2, 0.25) is 0 Å². The predicted octanol–water partition coefficient (Wildman–Crippen LogP) is 0.971. The van der Waals surface area contributed by atoms with E-state index in [2.05, 4.69) is 10.6 Å². The summed E-state index contributed by atoms with van der Waals surface area (Å²) in [6.07, 6.45) is 2.38. The third kappa shape index (κ3) is 4.52. The van der Waals surface area contributed by atoms with E-state index in [1.807, 2.05) is 0 Å². The minimum Gasteiger partial charge on any atom is -0.326 e. The first-order chi connectivity index (χ1) is 9.86. The SMILES string of the molecule is Cc1ccc(NC(=O)CCC2CCNC2)cc1S(N)(=O)=O. The number of nitrogens with two attached hydrogens (primary N) is 1. The Kier molecular flexibility index (Phi) is 4.97. The van der Waals surface area contributed by atoms with E-state index in [4.69, 9.17) is 5.14 Å². The van der Waals surface area contributed by atoms with Gasteiger partial charge in [0.1, 0.15) is 0 Å². The van der Waals surface area contributed by atoms with Crippen LogP contribution in [-0.2, 0) is 14.8 Å². The van der Waals surface area contributed by atoms with Gasteiger partial charge in [0.25, 0.3) is 0 Å². The van der Waals surface area contributed by atoms with Gasteiger partial charge < -0.3 is 10.6 Å². The van der Waals surface area contributed by atoms with Crippen molar-refractivity contribution in [2.45, 2.75) is 31.1 Å². The Labute approximate surface area is 125 Å². The first-order valence-electron chi connectivity index (χ1n) is 7.00. The molecule has 1 fully saturated rings. The number of rotatable bonds is 5. The molecular weight excluding hydrogens is 290 g/mol. The zero-order chi connectivity index (χ0) is 15.5. The molecule has 1 unspecified atom stereocenters. The van der Waals surface area contributed by atoms with Crippen LogP contribution in [0.4, 0.5) is 5.69 Å². The molecule has 1 aliphatic heterocycles. The zero-order valence-electron chi connectivity index (χ0n) is 12.1. The molecule has 0 radical (unpaired) electrons. The van der Waals surface area contributed by atoms with Gasteiger partial charge in [0.2, 0.25) is 15.9 Å². The fraction of sp³-hybridized carbons (Fsp3) is 0.500. The van der Waals surface area contributed by atoms with Crippen molar-refractivity contribution in [1.29, 1.82) is 0 Å². The lowest BCUT2D eigenvalue weighted by Crippen LogP contribution is -2.17. The number of anilines is 1. The molecule has 1 atom stereocenters. The maximum Gasteiger partial charge on any atom is 0.238 e. The number of hydrogen-bond acceptors (Lipinski definition) is 4. The minimum atomic E-state index is -3.78. The molecule has 0 spiro atoms. The Morgan fingerprint density at radius 3 is 2.86 bits per heavy atom. The lowest BCUT2D eigenvalue weighted by molar-refractivity contribution is -0.116. The fourth-order valence-corrected chi connectivity index (χ4v) is 3.31. The lowest BCUT2D eigenvalue weighted by atomic mass is 10.0. The van der Waals surface area contributed by atoms with Crippen molar-refractivity contribution >= 4 is 21.6 Å². The van der Waals surface area contributed by atoms with Crippen molar-refractivity contribution < 1.29 is 13.2 Å². The van der Waals surface area contributed by atoms with Gasteiger partial charge in [0.15, 0.2) is 0 Å². The summed E-state index contributed by atoms with van der Waals surface area (Å²) in [6, 6.07) is 4.72. The van der Waals surface area contributed by atoms with Gasteiger partial charge in [-0.15, -0.1) is 0 Å². The van der Waals surface area contributed by atoms with Crippen molar-refractivity contribution in [2.75, 3.05) is 18.4 Å². The number of hydrogen-bond donors (Lipinski definition) is 3. The Bertz CT molecular complexity index is 622. The highest BCUT2D eigenvalue weighted by atomic mass is 32.2. The largest absolute Gasteiger partial charge is 0.326 e. The highest BCUT2D eigenvalue weighted by molar-refractivity contribution is 7.89. The van der Waals surface area contributed by atoms with E-state index in [0.29, 0.717) is 23.6 Å². The molecular formula is C14H21N3O3S. The number of carbonyl (C=O) groups is 1. The van der Waals surface area contributed by atoms with E-state index in [9.17, 15) is 13.2 Å². The van der Waals surface area contributed by atoms with Gasteiger partial charge in [-0.2, -0.15) is 0 Å². The van der Waals surface area contributed by atoms with Gasteiger partial charge in [-0.25, -0.2) is 13.6 Å². The van der Waals surface area contributed by atoms with Crippen LogP contribution in [0.25, 0.3) is 0 Å². The van der Waals surface area contributed by atoms with Crippen LogP contribution in [0.15, 0.2) is 23.1 Å². The summed E-state index contributed by atoms with van der Waals surface area (Å²) in [4.78, 5) is 11.9. The molecule has 2 rings (SSSR count). The van der Waals surface area contributed by atoms with Crippen LogP contribution in [0.1, 0.15) is 24.8 Å². The summed E-state index contributed by atoms with van der Waals surface area (Å²) in [6.45, 7) is 3.65. The maximum absolute atomic E-state index is 11.9. The van der Waals surface area contributed by atoms with Crippen LogP contribution in [0.5, 0.6) is 0 Å². The standard InChI is InChI=1S/C14H21N3O3S/c1-10-2-4-12(8-13(10)21(15,19)20)17-14(18)5-3-11-6-7-16-9-11/h2,4,8,11,16H,3,5-7,9H2,1H3,(H,17,18)(H2,15,19,20). The zero-order valence-corrected chi connectivity index (χ0v) is 12.9. The van der Waals surface area contributed by atoms with E-state index in [1.54, 1.807) is 19.1 Å². The third-order valence-electron chi connectivity index (χ3n) is 3.72. The molecule has 1 aromatic carbocycles. The van der Waals surface area contributed by atoms with E-state index in [1.165, 1.54) is 6.07 Å². The van der Waals surface area contributed by atoms with Gasteiger partial charge >= 0.3 is 0 Å². The molecule has 116 valence electrons. The third-order valence-corrected chi connectivity index (χ3v) is 4.77. The lowest BCUT2D eigenvalue weighted by Gasteiger charge is -2.10. The van der Waals surface area contributed by atoms with E-state index < -0.39 is 10.0 Å². The first-order valence-corrected chi connectivity index (χ1v) is 8.55. The van der Waals surface area contributed by atoms with Gasteiger partial charge in [-0.05, 0) is 56.5 Å². The predicted molar refractivity (Wildman–Crippen MR) is 81.4 cm³/mol. The molecule has 0 saturated carbocycles. The van der Waals surface area contributed by atoms with Crippen LogP contribution in [0.3, 0.4) is 0 Å². The topological polar surface area (TPSA) is 101 Å². The number of aryl methyl sites for hydroxylation is 1. The minimum absolute atomic E-state index is 0.0419. The summed E-state index contributed by atoms with van der Waals surface area (Å²) in [5, 5.41) is 11.1. The second-order valence-electron chi connectivity index (χ2n) is 5.47. The van der Waals surface area contributed by atoms with Crippen LogP contribution >= 0.6 is 0 Å². The van der Waals surface area contributed by atoms with Crippen molar-refractivity contribution in [1.82, 2.24) is 5.32 Å². The molecule has 1 aliphatic rings. The maximum atomic E-state index is 11.9. The summed E-state index contributed by atoms with van der Waals surface area (Å²) >= 11 is 0.